The summed E-state index contributed by atoms with van der Waals surface area (Å²) in [4.78, 5) is 29.4. The second kappa shape index (κ2) is 7.77. The van der Waals surface area contributed by atoms with E-state index in [-0.39, 0.29) is 28.1 Å². The summed E-state index contributed by atoms with van der Waals surface area (Å²) in [6.07, 6.45) is 0. The lowest BCUT2D eigenvalue weighted by Crippen LogP contribution is -2.27. The third-order valence-electron chi connectivity index (χ3n) is 2.99. The first-order valence-electron chi connectivity index (χ1n) is 6.77. The van der Waals surface area contributed by atoms with E-state index in [1.165, 1.54) is 24.3 Å². The summed E-state index contributed by atoms with van der Waals surface area (Å²) in [5, 5.41) is 2.77. The molecule has 1 heterocycles. The molecule has 0 unspecified atom stereocenters. The van der Waals surface area contributed by atoms with Gasteiger partial charge in [-0.05, 0) is 19.1 Å². The van der Waals surface area contributed by atoms with Gasteiger partial charge in [0, 0.05) is 18.8 Å². The van der Waals surface area contributed by atoms with Gasteiger partial charge in [0.25, 0.3) is 0 Å². The summed E-state index contributed by atoms with van der Waals surface area (Å²) < 4.78 is 5.20. The normalized spacial score (nSPS) is 10.4. The van der Waals surface area contributed by atoms with Gasteiger partial charge in [-0.1, -0.05) is 29.3 Å². The van der Waals surface area contributed by atoms with Crippen molar-refractivity contribution < 1.29 is 14.3 Å². The van der Waals surface area contributed by atoms with Crippen molar-refractivity contribution in [3.05, 3.63) is 44.9 Å². The van der Waals surface area contributed by atoms with Crippen LogP contribution >= 0.6 is 34.5 Å². The van der Waals surface area contributed by atoms with E-state index in [1.54, 1.807) is 22.4 Å². The summed E-state index contributed by atoms with van der Waals surface area (Å²) in [6.45, 7) is 3.86. The predicted octanol–water partition coefficient (Wildman–Crippen LogP) is 4.18. The van der Waals surface area contributed by atoms with Gasteiger partial charge in [-0.2, -0.15) is 0 Å². The summed E-state index contributed by atoms with van der Waals surface area (Å²) in [6, 6.07) is 4.75. The fraction of sp³-hybridized carbons (Fsp3) is 0.267. The molecule has 1 aromatic carbocycles. The van der Waals surface area contributed by atoms with Crippen molar-refractivity contribution in [1.29, 1.82) is 0 Å². The Kier molecular flexibility index (Phi) is 5.98. The van der Waals surface area contributed by atoms with Gasteiger partial charge in [-0.25, -0.2) is 9.78 Å². The number of thiazole rings is 1. The molecule has 23 heavy (non-hydrogen) atoms. The first-order valence-corrected chi connectivity index (χ1v) is 8.41. The summed E-state index contributed by atoms with van der Waals surface area (Å²) in [5.74, 6) is -0.665. The van der Waals surface area contributed by atoms with Crippen molar-refractivity contribution in [2.45, 2.75) is 20.5 Å². The van der Waals surface area contributed by atoms with Crippen molar-refractivity contribution in [1.82, 2.24) is 4.98 Å². The second-order valence-corrected chi connectivity index (χ2v) is 6.18. The average molecular weight is 373 g/mol. The third-order valence-corrected chi connectivity index (χ3v) is 4.72. The lowest BCUT2D eigenvalue weighted by molar-refractivity contribution is -0.116. The highest BCUT2D eigenvalue weighted by Crippen LogP contribution is 2.26. The van der Waals surface area contributed by atoms with Crippen molar-refractivity contribution >= 4 is 51.5 Å². The van der Waals surface area contributed by atoms with Crippen molar-refractivity contribution in [2.24, 2.45) is 0 Å². The van der Waals surface area contributed by atoms with Crippen LogP contribution in [0.1, 0.15) is 29.9 Å². The van der Waals surface area contributed by atoms with Gasteiger partial charge in [0.1, 0.15) is 6.61 Å². The maximum Gasteiger partial charge on any atom is 0.340 e. The van der Waals surface area contributed by atoms with Crippen LogP contribution in [0.2, 0.25) is 10.0 Å². The lowest BCUT2D eigenvalue weighted by atomic mass is 10.2. The number of halogens is 2. The highest BCUT2D eigenvalue weighted by molar-refractivity contribution is 7.14. The van der Waals surface area contributed by atoms with E-state index >= 15 is 0 Å². The van der Waals surface area contributed by atoms with Gasteiger partial charge in [-0.15, -0.1) is 11.3 Å². The monoisotopic (exact) mass is 372 g/mol. The Morgan fingerprint density at radius 3 is 2.74 bits per heavy atom. The summed E-state index contributed by atoms with van der Waals surface area (Å²) in [5.41, 5.74) is 0.768. The number of nitrogens with zero attached hydrogens (tertiary/aromatic N) is 2. The molecule has 0 radical (unpaired) electrons. The number of rotatable bonds is 5. The van der Waals surface area contributed by atoms with E-state index in [0.717, 1.165) is 0 Å². The van der Waals surface area contributed by atoms with Crippen LogP contribution in [0.3, 0.4) is 0 Å². The first kappa shape index (κ1) is 17.7. The van der Waals surface area contributed by atoms with Crippen LogP contribution in [0, 0.1) is 0 Å². The van der Waals surface area contributed by atoms with Crippen LogP contribution < -0.4 is 4.90 Å². The molecule has 0 fully saturated rings. The molecule has 0 aliphatic rings. The Morgan fingerprint density at radius 2 is 2.09 bits per heavy atom. The van der Waals surface area contributed by atoms with Gasteiger partial charge >= 0.3 is 5.97 Å². The lowest BCUT2D eigenvalue weighted by Gasteiger charge is -2.14. The second-order valence-electron chi connectivity index (χ2n) is 4.56. The van der Waals surface area contributed by atoms with Crippen LogP contribution in [0.5, 0.6) is 0 Å². The van der Waals surface area contributed by atoms with Crippen molar-refractivity contribution in [2.75, 3.05) is 11.4 Å². The zero-order valence-corrected chi connectivity index (χ0v) is 14.8. The molecule has 1 aromatic heterocycles. The number of benzene rings is 1. The van der Waals surface area contributed by atoms with Gasteiger partial charge in [0.05, 0.1) is 21.3 Å². The maximum atomic E-state index is 12.0. The number of carbonyl (C=O) groups excluding carboxylic acids is 2. The van der Waals surface area contributed by atoms with E-state index in [1.807, 2.05) is 6.92 Å². The highest BCUT2D eigenvalue weighted by atomic mass is 35.5. The first-order chi connectivity index (χ1) is 10.9. The topological polar surface area (TPSA) is 59.5 Å². The third kappa shape index (κ3) is 4.22. The Bertz CT molecular complexity index is 733. The molecular formula is C15H14Cl2N2O3S. The minimum atomic E-state index is -0.578. The quantitative estimate of drug-likeness (QED) is 0.738. The largest absolute Gasteiger partial charge is 0.456 e. The molecule has 0 saturated heterocycles. The predicted molar refractivity (Wildman–Crippen MR) is 91.4 cm³/mol. The molecule has 2 aromatic rings. The van der Waals surface area contributed by atoms with E-state index < -0.39 is 5.97 Å². The van der Waals surface area contributed by atoms with E-state index in [2.05, 4.69) is 4.98 Å². The molecular weight excluding hydrogens is 359 g/mol. The number of esters is 1. The Morgan fingerprint density at radius 1 is 1.35 bits per heavy atom. The molecule has 0 bridgehead atoms. The van der Waals surface area contributed by atoms with Gasteiger partial charge < -0.3 is 4.74 Å². The zero-order valence-electron chi connectivity index (χ0n) is 12.5. The van der Waals surface area contributed by atoms with E-state index in [9.17, 15) is 9.59 Å². The van der Waals surface area contributed by atoms with Gasteiger partial charge in [-0.3, -0.25) is 9.69 Å². The van der Waals surface area contributed by atoms with Crippen LogP contribution in [0.25, 0.3) is 0 Å². The summed E-state index contributed by atoms with van der Waals surface area (Å²) in [7, 11) is 0. The minimum absolute atomic E-state index is 0.00631. The maximum absolute atomic E-state index is 12.0. The molecule has 1 amide bonds. The number of hydrogen-bond donors (Lipinski definition) is 0. The molecule has 0 aliphatic heterocycles. The highest BCUT2D eigenvalue weighted by Gasteiger charge is 2.16. The van der Waals surface area contributed by atoms with E-state index in [4.69, 9.17) is 27.9 Å². The Hall–Kier alpha value is -1.63. The molecule has 0 aliphatic carbocycles. The number of aromatic nitrogens is 1. The fourth-order valence-corrected chi connectivity index (χ4v) is 3.15. The number of amides is 1. The molecule has 0 atom stereocenters. The number of anilines is 1. The number of hydrogen-bond acceptors (Lipinski definition) is 5. The molecule has 0 N–H and O–H groups in total. The standard InChI is InChI=1S/C15H14Cl2N2O3S/c1-3-19(9(2)20)15-18-10(8-23-15)7-22-14(21)11-5-4-6-12(16)13(11)17/h4-6,8H,3,7H2,1-2H3. The Balaban J connectivity index is 2.04. The van der Waals surface area contributed by atoms with Crippen LogP contribution in [-0.2, 0) is 16.1 Å². The van der Waals surface area contributed by atoms with Crippen LogP contribution in [-0.4, -0.2) is 23.4 Å². The van der Waals surface area contributed by atoms with Crippen molar-refractivity contribution in [3.63, 3.8) is 0 Å². The molecule has 2 rings (SSSR count). The Labute approximate surface area is 147 Å². The fourth-order valence-electron chi connectivity index (χ4n) is 1.86. The van der Waals surface area contributed by atoms with Crippen molar-refractivity contribution in [3.8, 4) is 0 Å². The SMILES string of the molecule is CCN(C(C)=O)c1nc(COC(=O)c2cccc(Cl)c2Cl)cs1. The number of ether oxygens (including phenoxy) is 1. The molecule has 0 spiro atoms. The van der Waals surface area contributed by atoms with Crippen LogP contribution in [0.4, 0.5) is 5.13 Å². The van der Waals surface area contributed by atoms with E-state index in [0.29, 0.717) is 17.4 Å². The average Bonchev–Trinajstić information content (AvgIpc) is 2.96. The van der Waals surface area contributed by atoms with Gasteiger partial charge in [0.2, 0.25) is 5.91 Å². The van der Waals surface area contributed by atoms with Crippen LogP contribution in [0.15, 0.2) is 23.6 Å². The molecule has 122 valence electrons. The molecule has 0 saturated carbocycles. The number of carbonyl (C=O) groups is 2. The van der Waals surface area contributed by atoms with Gasteiger partial charge in [0.15, 0.2) is 5.13 Å². The molecule has 8 heteroatoms. The summed E-state index contributed by atoms with van der Waals surface area (Å²) >= 11 is 13.2. The molecule has 5 nitrogen and oxygen atoms in total. The minimum Gasteiger partial charge on any atom is -0.456 e. The zero-order chi connectivity index (χ0) is 17.0. The smallest absolute Gasteiger partial charge is 0.340 e.